The second-order valence-corrected chi connectivity index (χ2v) is 6.20. The van der Waals surface area contributed by atoms with E-state index in [1.54, 1.807) is 6.08 Å². The maximum Gasteiger partial charge on any atom is 0.258 e. The molecule has 0 spiro atoms. The summed E-state index contributed by atoms with van der Waals surface area (Å²) in [6.45, 7) is 12.8. The van der Waals surface area contributed by atoms with Crippen LogP contribution in [-0.2, 0) is 0 Å². The van der Waals surface area contributed by atoms with E-state index in [9.17, 15) is 4.79 Å². The van der Waals surface area contributed by atoms with Crippen LogP contribution in [0.3, 0.4) is 0 Å². The van der Waals surface area contributed by atoms with Gasteiger partial charge in [-0.05, 0) is 19.1 Å². The lowest BCUT2D eigenvalue weighted by molar-refractivity contribution is 0.0251. The third-order valence-electron chi connectivity index (χ3n) is 4.09. The molecule has 2 rings (SSSR count). The van der Waals surface area contributed by atoms with Crippen LogP contribution in [0.2, 0.25) is 0 Å². The molecule has 1 aliphatic heterocycles. The van der Waals surface area contributed by atoms with Crippen molar-refractivity contribution in [2.75, 3.05) is 11.9 Å². The first-order valence-corrected chi connectivity index (χ1v) is 6.61. The molecule has 3 heteroatoms. The van der Waals surface area contributed by atoms with Crippen LogP contribution in [0.4, 0.5) is 5.69 Å². The van der Waals surface area contributed by atoms with E-state index in [-0.39, 0.29) is 11.3 Å². The standard InChI is InChI=1S/C16H22N2O/c1-6-11-18-14(19)12-9-7-8-10-13(12)17-16(18,5)15(2,3)4/h6-10,17H,1,11H2,2-5H3. The number of hydrogen-bond donors (Lipinski definition) is 1. The van der Waals surface area contributed by atoms with Crippen LogP contribution in [0.5, 0.6) is 0 Å². The van der Waals surface area contributed by atoms with E-state index in [0.29, 0.717) is 6.54 Å². The topological polar surface area (TPSA) is 32.3 Å². The lowest BCUT2D eigenvalue weighted by Gasteiger charge is -2.53. The predicted molar refractivity (Wildman–Crippen MR) is 79.2 cm³/mol. The SMILES string of the molecule is C=CCN1C(=O)c2ccccc2NC1(C)C(C)(C)C. The minimum atomic E-state index is -0.438. The molecular formula is C16H22N2O. The highest BCUT2D eigenvalue weighted by Crippen LogP contribution is 2.41. The quantitative estimate of drug-likeness (QED) is 0.823. The van der Waals surface area contributed by atoms with Gasteiger partial charge in [0.05, 0.1) is 5.56 Å². The molecule has 3 nitrogen and oxygen atoms in total. The van der Waals surface area contributed by atoms with Crippen molar-refractivity contribution < 1.29 is 4.79 Å². The summed E-state index contributed by atoms with van der Waals surface area (Å²) in [5, 5.41) is 3.54. The molecule has 19 heavy (non-hydrogen) atoms. The summed E-state index contributed by atoms with van der Waals surface area (Å²) in [6, 6.07) is 7.67. The molecule has 1 aliphatic rings. The fraction of sp³-hybridized carbons (Fsp3) is 0.438. The number of nitrogens with zero attached hydrogens (tertiary/aromatic N) is 1. The van der Waals surface area contributed by atoms with E-state index in [0.717, 1.165) is 11.3 Å². The average Bonchev–Trinajstić information content (AvgIpc) is 2.33. The third-order valence-corrected chi connectivity index (χ3v) is 4.09. The first kappa shape index (κ1) is 13.7. The van der Waals surface area contributed by atoms with Crippen LogP contribution >= 0.6 is 0 Å². The Bertz CT molecular complexity index is 516. The van der Waals surface area contributed by atoms with Gasteiger partial charge in [-0.15, -0.1) is 6.58 Å². The summed E-state index contributed by atoms with van der Waals surface area (Å²) in [7, 11) is 0. The lowest BCUT2D eigenvalue weighted by atomic mass is 9.78. The molecule has 1 unspecified atom stereocenters. The fourth-order valence-electron chi connectivity index (χ4n) is 2.44. The molecule has 0 saturated carbocycles. The summed E-state index contributed by atoms with van der Waals surface area (Å²) < 4.78 is 0. The van der Waals surface area contributed by atoms with Crippen LogP contribution in [-0.4, -0.2) is 23.0 Å². The van der Waals surface area contributed by atoms with Gasteiger partial charge in [-0.1, -0.05) is 39.0 Å². The smallest absolute Gasteiger partial charge is 0.258 e. The summed E-state index contributed by atoms with van der Waals surface area (Å²) in [4.78, 5) is 14.6. The number of rotatable bonds is 2. The lowest BCUT2D eigenvalue weighted by Crippen LogP contribution is -2.64. The first-order chi connectivity index (χ1) is 8.81. The third kappa shape index (κ3) is 2.03. The van der Waals surface area contributed by atoms with E-state index in [1.165, 1.54) is 0 Å². The minimum absolute atomic E-state index is 0.0617. The Kier molecular flexibility index (Phi) is 3.17. The van der Waals surface area contributed by atoms with Gasteiger partial charge in [0.15, 0.2) is 0 Å². The van der Waals surface area contributed by atoms with Gasteiger partial charge in [-0.2, -0.15) is 0 Å². The van der Waals surface area contributed by atoms with Gasteiger partial charge in [0.25, 0.3) is 5.91 Å². The summed E-state index contributed by atoms with van der Waals surface area (Å²) in [5.41, 5.74) is 1.10. The van der Waals surface area contributed by atoms with Gasteiger partial charge >= 0.3 is 0 Å². The number of para-hydroxylation sites is 1. The van der Waals surface area contributed by atoms with Crippen LogP contribution in [0, 0.1) is 5.41 Å². The Balaban J connectivity index is 2.57. The first-order valence-electron chi connectivity index (χ1n) is 6.61. The van der Waals surface area contributed by atoms with Gasteiger partial charge in [-0.3, -0.25) is 4.79 Å². The van der Waals surface area contributed by atoms with Crippen molar-refractivity contribution >= 4 is 11.6 Å². The van der Waals surface area contributed by atoms with E-state index >= 15 is 0 Å². The highest BCUT2D eigenvalue weighted by atomic mass is 16.2. The number of carbonyl (C=O) groups is 1. The number of hydrogen-bond acceptors (Lipinski definition) is 2. The Morgan fingerprint density at radius 3 is 2.58 bits per heavy atom. The van der Waals surface area contributed by atoms with E-state index in [4.69, 9.17) is 0 Å². The van der Waals surface area contributed by atoms with Gasteiger partial charge < -0.3 is 10.2 Å². The van der Waals surface area contributed by atoms with Gasteiger partial charge in [-0.25, -0.2) is 0 Å². The summed E-state index contributed by atoms with van der Waals surface area (Å²) in [5.74, 6) is 0.0617. The molecule has 0 fully saturated rings. The monoisotopic (exact) mass is 258 g/mol. The van der Waals surface area contributed by atoms with Crippen molar-refractivity contribution in [3.63, 3.8) is 0 Å². The second-order valence-electron chi connectivity index (χ2n) is 6.20. The van der Waals surface area contributed by atoms with Gasteiger partial charge in [0.1, 0.15) is 5.66 Å². The summed E-state index contributed by atoms with van der Waals surface area (Å²) in [6.07, 6.45) is 1.78. The molecule has 0 aliphatic carbocycles. The van der Waals surface area contributed by atoms with Crippen molar-refractivity contribution in [2.45, 2.75) is 33.4 Å². The van der Waals surface area contributed by atoms with E-state index in [2.05, 4.69) is 39.6 Å². The van der Waals surface area contributed by atoms with Gasteiger partial charge in [0, 0.05) is 17.6 Å². The number of fused-ring (bicyclic) bond motifs is 1. The Hall–Kier alpha value is -1.77. The van der Waals surface area contributed by atoms with Crippen molar-refractivity contribution in [3.05, 3.63) is 42.5 Å². The molecule has 0 radical (unpaired) electrons. The maximum atomic E-state index is 12.7. The number of anilines is 1. The van der Waals surface area contributed by atoms with Crippen LogP contribution < -0.4 is 5.32 Å². The Morgan fingerprint density at radius 1 is 1.37 bits per heavy atom. The largest absolute Gasteiger partial charge is 0.362 e. The molecule has 1 aromatic carbocycles. The zero-order chi connectivity index (χ0) is 14.3. The Labute approximate surface area is 115 Å². The summed E-state index contributed by atoms with van der Waals surface area (Å²) >= 11 is 0. The Morgan fingerprint density at radius 2 is 2.00 bits per heavy atom. The van der Waals surface area contributed by atoms with Crippen molar-refractivity contribution in [3.8, 4) is 0 Å². The molecule has 0 saturated heterocycles. The predicted octanol–water partition coefficient (Wildman–Crippen LogP) is 3.50. The number of benzene rings is 1. The zero-order valence-corrected chi connectivity index (χ0v) is 12.2. The molecule has 1 heterocycles. The zero-order valence-electron chi connectivity index (χ0n) is 12.2. The molecule has 1 atom stereocenters. The van der Waals surface area contributed by atoms with Crippen LogP contribution in [0.1, 0.15) is 38.1 Å². The highest BCUT2D eigenvalue weighted by molar-refractivity contribution is 6.02. The number of nitrogens with one attached hydrogen (secondary N) is 1. The van der Waals surface area contributed by atoms with Gasteiger partial charge in [0.2, 0.25) is 0 Å². The molecule has 1 amide bonds. The molecule has 1 aromatic rings. The highest BCUT2D eigenvalue weighted by Gasteiger charge is 2.48. The number of amides is 1. The fourth-order valence-corrected chi connectivity index (χ4v) is 2.44. The second kappa shape index (κ2) is 4.41. The normalized spacial score (nSPS) is 22.7. The van der Waals surface area contributed by atoms with E-state index < -0.39 is 5.66 Å². The minimum Gasteiger partial charge on any atom is -0.362 e. The van der Waals surface area contributed by atoms with Crippen molar-refractivity contribution in [1.29, 1.82) is 0 Å². The average molecular weight is 258 g/mol. The van der Waals surface area contributed by atoms with Crippen molar-refractivity contribution in [2.24, 2.45) is 5.41 Å². The maximum absolute atomic E-state index is 12.7. The molecular weight excluding hydrogens is 236 g/mol. The molecule has 0 aromatic heterocycles. The molecule has 0 bridgehead atoms. The molecule has 102 valence electrons. The van der Waals surface area contributed by atoms with E-state index in [1.807, 2.05) is 29.2 Å². The van der Waals surface area contributed by atoms with Crippen LogP contribution in [0.25, 0.3) is 0 Å². The van der Waals surface area contributed by atoms with Crippen molar-refractivity contribution in [1.82, 2.24) is 4.90 Å². The number of carbonyl (C=O) groups excluding carboxylic acids is 1. The van der Waals surface area contributed by atoms with Crippen LogP contribution in [0.15, 0.2) is 36.9 Å². The molecule has 1 N–H and O–H groups in total.